The minimum Gasteiger partial charge on any atom is -0.352 e. The predicted octanol–water partition coefficient (Wildman–Crippen LogP) is 5.67. The maximum atomic E-state index is 13.4. The third kappa shape index (κ3) is 8.24. The first-order valence-corrected chi connectivity index (χ1v) is 15.2. The van der Waals surface area contributed by atoms with Crippen LogP contribution in [0.3, 0.4) is 0 Å². The van der Waals surface area contributed by atoms with Crippen molar-refractivity contribution in [1.82, 2.24) is 10.2 Å². The highest BCUT2D eigenvalue weighted by molar-refractivity contribution is 7.92. The molecule has 0 aliphatic heterocycles. The van der Waals surface area contributed by atoms with Crippen molar-refractivity contribution in [2.24, 2.45) is 0 Å². The van der Waals surface area contributed by atoms with Crippen molar-refractivity contribution in [2.75, 3.05) is 17.1 Å². The van der Waals surface area contributed by atoms with Crippen LogP contribution in [0.4, 0.5) is 5.69 Å². The van der Waals surface area contributed by atoms with Crippen LogP contribution in [0, 0.1) is 0 Å². The largest absolute Gasteiger partial charge is 0.352 e. The first-order valence-electron chi connectivity index (χ1n) is 12.2. The molecule has 202 valence electrons. The van der Waals surface area contributed by atoms with E-state index >= 15 is 0 Å². The van der Waals surface area contributed by atoms with Crippen molar-refractivity contribution in [3.8, 4) is 0 Å². The van der Waals surface area contributed by atoms with Crippen molar-refractivity contribution in [1.29, 1.82) is 0 Å². The van der Waals surface area contributed by atoms with Crippen LogP contribution in [-0.2, 0) is 26.2 Å². The van der Waals surface area contributed by atoms with Crippen LogP contribution < -0.4 is 9.62 Å². The van der Waals surface area contributed by atoms with Gasteiger partial charge in [-0.15, -0.1) is 0 Å². The Labute approximate surface area is 234 Å². The van der Waals surface area contributed by atoms with Gasteiger partial charge in [0, 0.05) is 46.2 Å². The molecule has 1 fully saturated rings. The van der Waals surface area contributed by atoms with E-state index in [1.54, 1.807) is 49.4 Å². The number of rotatable bonds is 11. The Morgan fingerprint density at radius 3 is 2.27 bits per heavy atom. The number of halogens is 3. The second-order valence-corrected chi connectivity index (χ2v) is 12.5. The molecule has 2 aromatic rings. The molecule has 0 heterocycles. The molecule has 37 heavy (non-hydrogen) atoms. The summed E-state index contributed by atoms with van der Waals surface area (Å²) in [5.74, 6) is -0.537. The highest BCUT2D eigenvalue weighted by Gasteiger charge is 2.29. The molecule has 1 atom stereocenters. The normalized spacial score (nSPS) is 14.8. The van der Waals surface area contributed by atoms with E-state index in [0.717, 1.165) is 31.9 Å². The number of sulfonamides is 1. The number of nitrogens with zero attached hydrogens (tertiary/aromatic N) is 2. The summed E-state index contributed by atoms with van der Waals surface area (Å²) < 4.78 is 26.1. The van der Waals surface area contributed by atoms with Gasteiger partial charge in [-0.25, -0.2) is 8.42 Å². The van der Waals surface area contributed by atoms with Gasteiger partial charge < -0.3 is 10.2 Å². The van der Waals surface area contributed by atoms with Gasteiger partial charge in [0.1, 0.15) is 6.04 Å². The Hall–Kier alpha value is -2.00. The van der Waals surface area contributed by atoms with Crippen LogP contribution in [-0.4, -0.2) is 50.0 Å². The van der Waals surface area contributed by atoms with E-state index < -0.39 is 16.1 Å². The van der Waals surface area contributed by atoms with Crippen LogP contribution in [0.2, 0.25) is 15.1 Å². The first-order chi connectivity index (χ1) is 17.5. The maximum Gasteiger partial charge on any atom is 0.242 e. The van der Waals surface area contributed by atoms with E-state index in [2.05, 4.69) is 5.32 Å². The molecule has 0 aromatic heterocycles. The van der Waals surface area contributed by atoms with Crippen molar-refractivity contribution in [2.45, 2.75) is 64.1 Å². The molecule has 1 N–H and O–H groups in total. The molecule has 0 spiro atoms. The zero-order valence-corrected chi connectivity index (χ0v) is 24.0. The highest BCUT2D eigenvalue weighted by atomic mass is 35.5. The quantitative estimate of drug-likeness (QED) is 0.367. The number of hydrogen-bond acceptors (Lipinski definition) is 4. The Balaban J connectivity index is 1.76. The van der Waals surface area contributed by atoms with Gasteiger partial charge in [0.25, 0.3) is 0 Å². The molecule has 0 radical (unpaired) electrons. The summed E-state index contributed by atoms with van der Waals surface area (Å²) in [5.41, 5.74) is 0.975. The lowest BCUT2D eigenvalue weighted by atomic mass is 10.1. The molecular weight excluding hydrogens is 557 g/mol. The zero-order chi connectivity index (χ0) is 27.2. The lowest BCUT2D eigenvalue weighted by molar-refractivity contribution is -0.140. The molecule has 2 amide bonds. The van der Waals surface area contributed by atoms with E-state index in [0.29, 0.717) is 26.3 Å². The first kappa shape index (κ1) is 29.6. The molecule has 7 nitrogen and oxygen atoms in total. The van der Waals surface area contributed by atoms with Gasteiger partial charge in [0.2, 0.25) is 21.8 Å². The number of anilines is 1. The fourth-order valence-corrected chi connectivity index (χ4v) is 6.12. The van der Waals surface area contributed by atoms with Gasteiger partial charge in [0.15, 0.2) is 0 Å². The van der Waals surface area contributed by atoms with Crippen LogP contribution in [0.15, 0.2) is 42.5 Å². The van der Waals surface area contributed by atoms with Gasteiger partial charge in [-0.3, -0.25) is 13.9 Å². The predicted molar refractivity (Wildman–Crippen MR) is 150 cm³/mol. The van der Waals surface area contributed by atoms with E-state index in [1.165, 1.54) is 9.21 Å². The van der Waals surface area contributed by atoms with E-state index in [-0.39, 0.29) is 43.8 Å². The third-order valence-corrected chi connectivity index (χ3v) is 8.64. The van der Waals surface area contributed by atoms with Crippen molar-refractivity contribution in [3.63, 3.8) is 0 Å². The van der Waals surface area contributed by atoms with E-state index in [1.807, 2.05) is 0 Å². The average Bonchev–Trinajstić information content (AvgIpc) is 3.33. The van der Waals surface area contributed by atoms with Crippen molar-refractivity contribution < 1.29 is 18.0 Å². The highest BCUT2D eigenvalue weighted by Crippen LogP contribution is 2.28. The summed E-state index contributed by atoms with van der Waals surface area (Å²) in [6.07, 6.45) is 5.36. The molecule has 0 bridgehead atoms. The number of benzene rings is 2. The van der Waals surface area contributed by atoms with Gasteiger partial charge in [-0.2, -0.15) is 0 Å². The van der Waals surface area contributed by atoms with Gasteiger partial charge >= 0.3 is 0 Å². The molecule has 2 aromatic carbocycles. The fourth-order valence-electron chi connectivity index (χ4n) is 4.46. The lowest BCUT2D eigenvalue weighted by Crippen LogP contribution is -2.49. The number of carbonyl (C=O) groups is 2. The number of hydrogen-bond donors (Lipinski definition) is 1. The smallest absolute Gasteiger partial charge is 0.242 e. The minimum atomic E-state index is -3.61. The number of amides is 2. The standard InChI is InChI=1S/C26H32Cl3N3O4S/c1-18(26(34)30-20-9-3-4-10-20)31(17-22-23(28)12-6-13-24(22)29)25(33)14-7-15-32(37(2,35)36)21-11-5-8-19(27)16-21/h5-6,8,11-13,16,18,20H,3-4,7,9-10,14-15,17H2,1-2H3,(H,30,34). The molecule has 1 aliphatic carbocycles. The SMILES string of the molecule is CC(C(=O)NC1CCCC1)N(Cc1c(Cl)cccc1Cl)C(=O)CCCN(c1cccc(Cl)c1)S(C)(=O)=O. The molecule has 1 aliphatic rings. The number of carbonyl (C=O) groups excluding carboxylic acids is 2. The van der Waals surface area contributed by atoms with Crippen LogP contribution in [0.1, 0.15) is 51.0 Å². The Morgan fingerprint density at radius 1 is 1.05 bits per heavy atom. The second kappa shape index (κ2) is 13.2. The van der Waals surface area contributed by atoms with Crippen molar-refractivity contribution in [3.05, 3.63) is 63.1 Å². The Morgan fingerprint density at radius 2 is 1.68 bits per heavy atom. The van der Waals surface area contributed by atoms with Crippen LogP contribution >= 0.6 is 34.8 Å². The summed E-state index contributed by atoms with van der Waals surface area (Å²) in [6.45, 7) is 1.82. The summed E-state index contributed by atoms with van der Waals surface area (Å²) in [5, 5.41) is 4.26. The molecule has 1 unspecified atom stereocenters. The topological polar surface area (TPSA) is 86.8 Å². The van der Waals surface area contributed by atoms with Crippen molar-refractivity contribution >= 4 is 62.3 Å². The molecule has 1 saturated carbocycles. The van der Waals surface area contributed by atoms with E-state index in [9.17, 15) is 18.0 Å². The van der Waals surface area contributed by atoms with E-state index in [4.69, 9.17) is 34.8 Å². The summed E-state index contributed by atoms with van der Waals surface area (Å²) in [7, 11) is -3.61. The van der Waals surface area contributed by atoms with Crippen LogP contribution in [0.5, 0.6) is 0 Å². The molecule has 0 saturated heterocycles. The summed E-state index contributed by atoms with van der Waals surface area (Å²) in [6, 6.07) is 11.0. The van der Waals surface area contributed by atoms with Crippen LogP contribution in [0.25, 0.3) is 0 Å². The number of nitrogens with one attached hydrogen (secondary N) is 1. The Kier molecular flexibility index (Phi) is 10.5. The van der Waals surface area contributed by atoms with Gasteiger partial charge in [0.05, 0.1) is 11.9 Å². The van der Waals surface area contributed by atoms with Gasteiger partial charge in [-0.05, 0) is 56.5 Å². The molecular formula is C26H32Cl3N3O4S. The Bertz CT molecular complexity index is 1200. The summed E-state index contributed by atoms with van der Waals surface area (Å²) in [4.78, 5) is 28.0. The monoisotopic (exact) mass is 587 g/mol. The lowest BCUT2D eigenvalue weighted by Gasteiger charge is -2.30. The minimum absolute atomic E-state index is 0.0235. The maximum absolute atomic E-state index is 13.4. The fraction of sp³-hybridized carbons (Fsp3) is 0.462. The molecule has 11 heteroatoms. The zero-order valence-electron chi connectivity index (χ0n) is 20.9. The van der Waals surface area contributed by atoms with Gasteiger partial charge in [-0.1, -0.05) is 59.8 Å². The summed E-state index contributed by atoms with van der Waals surface area (Å²) >= 11 is 18.8. The second-order valence-electron chi connectivity index (χ2n) is 9.31. The molecule has 3 rings (SSSR count). The average molecular weight is 589 g/mol. The third-order valence-electron chi connectivity index (χ3n) is 6.51.